The van der Waals surface area contributed by atoms with Crippen LogP contribution in [0, 0.1) is 0 Å². The molecule has 0 radical (unpaired) electrons. The minimum Gasteiger partial charge on any atom is -0.854 e. The molecule has 0 aromatic rings. The van der Waals surface area contributed by atoms with E-state index in [1.165, 1.54) is 0 Å². The van der Waals surface area contributed by atoms with Crippen molar-refractivity contribution in [1.82, 2.24) is 0 Å². The second kappa shape index (κ2) is 9.72. The first-order chi connectivity index (χ1) is 2.91. The molecular formula is C4H9LiO2. The minimum atomic E-state index is -0.0550. The van der Waals surface area contributed by atoms with E-state index in [9.17, 15) is 5.11 Å². The summed E-state index contributed by atoms with van der Waals surface area (Å²) >= 11 is 0. The minimum absolute atomic E-state index is 0. The van der Waals surface area contributed by atoms with E-state index < -0.39 is 0 Å². The van der Waals surface area contributed by atoms with Crippen molar-refractivity contribution in [3.63, 3.8) is 0 Å². The van der Waals surface area contributed by atoms with Gasteiger partial charge >= 0.3 is 18.9 Å². The van der Waals surface area contributed by atoms with Crippen LogP contribution < -0.4 is 24.0 Å². The summed E-state index contributed by atoms with van der Waals surface area (Å²) in [5, 5.41) is 17.6. The molecule has 0 saturated heterocycles. The van der Waals surface area contributed by atoms with Crippen molar-refractivity contribution < 1.29 is 29.1 Å². The van der Waals surface area contributed by atoms with Gasteiger partial charge in [0.05, 0.1) is 0 Å². The predicted molar refractivity (Wildman–Crippen MR) is 21.2 cm³/mol. The number of unbranched alkanes of at least 4 members (excludes halogenated alkanes) is 1. The molecule has 0 spiro atoms. The molecule has 0 saturated carbocycles. The average molecular weight is 96.1 g/mol. The first kappa shape index (κ1) is 10.5. The topological polar surface area (TPSA) is 43.3 Å². The summed E-state index contributed by atoms with van der Waals surface area (Å²) in [4.78, 5) is 0. The molecule has 0 aliphatic carbocycles. The smallest absolute Gasteiger partial charge is 0.854 e. The van der Waals surface area contributed by atoms with E-state index >= 15 is 0 Å². The summed E-state index contributed by atoms with van der Waals surface area (Å²) in [6.07, 6.45) is 1.26. The molecule has 38 valence electrons. The third-order valence-electron chi connectivity index (χ3n) is 0.552. The zero-order valence-corrected chi connectivity index (χ0v) is 4.68. The molecule has 3 heteroatoms. The maximum Gasteiger partial charge on any atom is 1.00 e. The van der Waals surface area contributed by atoms with Crippen LogP contribution in [0.2, 0.25) is 0 Å². The van der Waals surface area contributed by atoms with Crippen LogP contribution in [0.15, 0.2) is 0 Å². The summed E-state index contributed by atoms with van der Waals surface area (Å²) in [5.74, 6) is 0. The molecule has 7 heavy (non-hydrogen) atoms. The zero-order valence-electron chi connectivity index (χ0n) is 4.68. The van der Waals surface area contributed by atoms with Crippen molar-refractivity contribution in [2.24, 2.45) is 0 Å². The van der Waals surface area contributed by atoms with Crippen LogP contribution in [0.5, 0.6) is 0 Å². The van der Waals surface area contributed by atoms with Crippen LogP contribution in [0.1, 0.15) is 12.8 Å². The van der Waals surface area contributed by atoms with Crippen LogP contribution >= 0.6 is 0 Å². The van der Waals surface area contributed by atoms with Gasteiger partial charge in [-0.25, -0.2) is 0 Å². The number of hydrogen-bond acceptors (Lipinski definition) is 2. The molecule has 0 aromatic carbocycles. The van der Waals surface area contributed by atoms with Crippen molar-refractivity contribution in [2.45, 2.75) is 12.8 Å². The van der Waals surface area contributed by atoms with Gasteiger partial charge in [0.2, 0.25) is 0 Å². The maximum absolute atomic E-state index is 9.58. The standard InChI is InChI=1S/C4H9O2.Li/c5-3-1-2-4-6;/h5H,1-4H2;/q-1;+1. The second-order valence-electron chi connectivity index (χ2n) is 1.13. The molecule has 0 aliphatic rings. The fraction of sp³-hybridized carbons (Fsp3) is 1.00. The largest absolute Gasteiger partial charge is 1.00 e. The molecule has 0 fully saturated rings. The van der Waals surface area contributed by atoms with Gasteiger partial charge in [0.25, 0.3) is 0 Å². The van der Waals surface area contributed by atoms with E-state index in [4.69, 9.17) is 5.11 Å². The van der Waals surface area contributed by atoms with Gasteiger partial charge in [-0.1, -0.05) is 6.42 Å². The summed E-state index contributed by atoms with van der Waals surface area (Å²) in [6, 6.07) is 0. The fourth-order valence-electron chi connectivity index (χ4n) is 0.214. The molecule has 0 atom stereocenters. The normalized spacial score (nSPS) is 7.71. The Labute approximate surface area is 55.7 Å². The van der Waals surface area contributed by atoms with Crippen LogP contribution in [0.3, 0.4) is 0 Å². The zero-order chi connectivity index (χ0) is 4.83. The Balaban J connectivity index is 0. The Kier molecular flexibility index (Phi) is 14.6. The van der Waals surface area contributed by atoms with Crippen LogP contribution in [0.4, 0.5) is 0 Å². The number of hydrogen-bond donors (Lipinski definition) is 1. The van der Waals surface area contributed by atoms with Crippen molar-refractivity contribution in [3.8, 4) is 0 Å². The molecule has 0 rings (SSSR count). The Morgan fingerprint density at radius 2 is 1.86 bits per heavy atom. The molecule has 0 amide bonds. The molecular weight excluding hydrogens is 87.0 g/mol. The number of aliphatic hydroxyl groups excluding tert-OH is 1. The van der Waals surface area contributed by atoms with Crippen molar-refractivity contribution in [3.05, 3.63) is 0 Å². The van der Waals surface area contributed by atoms with E-state index in [1.54, 1.807) is 0 Å². The third kappa shape index (κ3) is 10.7. The van der Waals surface area contributed by atoms with Crippen LogP contribution in [0.25, 0.3) is 0 Å². The van der Waals surface area contributed by atoms with E-state index in [-0.39, 0.29) is 32.1 Å². The Bertz CT molecular complexity index is 21.7. The van der Waals surface area contributed by atoms with Gasteiger partial charge in [-0.2, -0.15) is 0 Å². The average Bonchev–Trinajstić information content (AvgIpc) is 1.61. The van der Waals surface area contributed by atoms with E-state index in [2.05, 4.69) is 0 Å². The molecule has 0 unspecified atom stereocenters. The van der Waals surface area contributed by atoms with Crippen molar-refractivity contribution in [1.29, 1.82) is 0 Å². The Hall–Kier alpha value is 0.517. The Morgan fingerprint density at radius 3 is 2.00 bits per heavy atom. The van der Waals surface area contributed by atoms with Gasteiger partial charge in [-0.3, -0.25) is 0 Å². The van der Waals surface area contributed by atoms with E-state index in [0.717, 1.165) is 0 Å². The molecule has 0 heterocycles. The van der Waals surface area contributed by atoms with Gasteiger partial charge in [-0.05, 0) is 6.42 Å². The second-order valence-corrected chi connectivity index (χ2v) is 1.13. The van der Waals surface area contributed by atoms with Crippen molar-refractivity contribution >= 4 is 0 Å². The summed E-state index contributed by atoms with van der Waals surface area (Å²) < 4.78 is 0. The third-order valence-corrected chi connectivity index (χ3v) is 0.552. The fourth-order valence-corrected chi connectivity index (χ4v) is 0.214. The van der Waals surface area contributed by atoms with Gasteiger partial charge in [0, 0.05) is 6.61 Å². The Morgan fingerprint density at radius 1 is 1.29 bits per heavy atom. The quantitative estimate of drug-likeness (QED) is 0.288. The summed E-state index contributed by atoms with van der Waals surface area (Å²) in [6.45, 7) is 0.100. The number of rotatable bonds is 3. The van der Waals surface area contributed by atoms with Crippen LogP contribution in [-0.4, -0.2) is 18.3 Å². The first-order valence-corrected chi connectivity index (χ1v) is 2.10. The molecule has 0 aliphatic heterocycles. The SMILES string of the molecule is [Li+].[O-]CCCCO. The van der Waals surface area contributed by atoms with Gasteiger partial charge < -0.3 is 10.2 Å². The monoisotopic (exact) mass is 96.1 g/mol. The summed E-state index contributed by atoms with van der Waals surface area (Å²) in [5.41, 5.74) is 0. The number of aliphatic hydroxyl groups is 1. The van der Waals surface area contributed by atoms with Crippen molar-refractivity contribution in [2.75, 3.05) is 13.2 Å². The molecule has 0 aromatic heterocycles. The first-order valence-electron chi connectivity index (χ1n) is 2.10. The van der Waals surface area contributed by atoms with Gasteiger partial charge in [-0.15, -0.1) is 6.61 Å². The molecule has 0 bridgehead atoms. The van der Waals surface area contributed by atoms with E-state index in [0.29, 0.717) is 12.8 Å². The summed E-state index contributed by atoms with van der Waals surface area (Å²) in [7, 11) is 0. The molecule has 1 N–H and O–H groups in total. The van der Waals surface area contributed by atoms with Gasteiger partial charge in [0.15, 0.2) is 0 Å². The molecule has 2 nitrogen and oxygen atoms in total. The van der Waals surface area contributed by atoms with Gasteiger partial charge in [0.1, 0.15) is 0 Å². The van der Waals surface area contributed by atoms with Crippen LogP contribution in [-0.2, 0) is 0 Å². The predicted octanol–water partition coefficient (Wildman–Crippen LogP) is -3.88. The van der Waals surface area contributed by atoms with E-state index in [1.807, 2.05) is 0 Å². The maximum atomic E-state index is 9.58.